The van der Waals surface area contributed by atoms with Crippen LogP contribution in [0.3, 0.4) is 0 Å². The molecule has 1 N–H and O–H groups in total. The van der Waals surface area contributed by atoms with Gasteiger partial charge in [0.1, 0.15) is 9.12 Å². The van der Waals surface area contributed by atoms with Crippen LogP contribution in [-0.4, -0.2) is 16.9 Å². The van der Waals surface area contributed by atoms with Gasteiger partial charge in [0.2, 0.25) is 0 Å². The van der Waals surface area contributed by atoms with E-state index in [0.29, 0.717) is 19.3 Å². The van der Waals surface area contributed by atoms with E-state index in [1.807, 2.05) is 39.8 Å². The van der Waals surface area contributed by atoms with Gasteiger partial charge in [-0.05, 0) is 58.1 Å². The molecule has 1 fully saturated rings. The van der Waals surface area contributed by atoms with Crippen LogP contribution in [0.4, 0.5) is 0 Å². The zero-order chi connectivity index (χ0) is 22.2. The molecule has 0 radical (unpaired) electrons. The summed E-state index contributed by atoms with van der Waals surface area (Å²) in [6.45, 7) is 9.97. The smallest absolute Gasteiger partial charge is 0.310 e. The molecule has 4 nitrogen and oxygen atoms in total. The van der Waals surface area contributed by atoms with Crippen LogP contribution in [-0.2, 0) is 9.36 Å². The molecule has 1 aliphatic carbocycles. The van der Waals surface area contributed by atoms with Crippen molar-refractivity contribution in [1.82, 2.24) is 0 Å². The zero-order valence-electron chi connectivity index (χ0n) is 18.7. The van der Waals surface area contributed by atoms with Gasteiger partial charge in [-0.2, -0.15) is 0 Å². The second-order valence-corrected chi connectivity index (χ2v) is 8.84. The van der Waals surface area contributed by atoms with Gasteiger partial charge in [0.25, 0.3) is 0 Å². The largest absolute Gasteiger partial charge is 0.481 e. The number of carbonyl (C=O) groups excluding carboxylic acids is 1. The van der Waals surface area contributed by atoms with Crippen molar-refractivity contribution in [3.8, 4) is 0 Å². The van der Waals surface area contributed by atoms with Crippen LogP contribution < -0.4 is 0 Å². The van der Waals surface area contributed by atoms with Crippen LogP contribution in [0.25, 0.3) is 0 Å². The minimum atomic E-state index is -1.01. The molecule has 162 valence electrons. The molecule has 29 heavy (non-hydrogen) atoms. The summed E-state index contributed by atoms with van der Waals surface area (Å²) in [5, 5.41) is 10.3. The van der Waals surface area contributed by atoms with Crippen LogP contribution in [0.15, 0.2) is 12.1 Å². The maximum absolute atomic E-state index is 14.0. The van der Waals surface area contributed by atoms with Gasteiger partial charge < -0.3 is 5.11 Å². The summed E-state index contributed by atoms with van der Waals surface area (Å²) in [7, 11) is 1.72. The van der Waals surface area contributed by atoms with Crippen LogP contribution in [0.1, 0.15) is 98.7 Å². The predicted molar refractivity (Wildman–Crippen MR) is 119 cm³/mol. The fourth-order valence-electron chi connectivity index (χ4n) is 5.24. The maximum atomic E-state index is 14.0. The van der Waals surface area contributed by atoms with Crippen molar-refractivity contribution in [2.24, 2.45) is 10.8 Å². The van der Waals surface area contributed by atoms with Gasteiger partial charge in [0, 0.05) is 11.0 Å². The lowest BCUT2D eigenvalue weighted by Crippen LogP contribution is -2.52. The molecule has 1 unspecified atom stereocenters. The highest BCUT2D eigenvalue weighted by molar-refractivity contribution is 7.00. The van der Waals surface area contributed by atoms with Crippen molar-refractivity contribution in [2.75, 3.05) is 0 Å². The summed E-state index contributed by atoms with van der Waals surface area (Å²) in [6.07, 6.45) is 7.83. The number of unbranched alkanes of at least 4 members (excludes halogenated alkanes) is 2. The third-order valence-corrected chi connectivity index (χ3v) is 6.85. The molecule has 0 bridgehead atoms. The highest BCUT2D eigenvalue weighted by Crippen LogP contribution is 2.55. The molecule has 0 amide bonds. The Morgan fingerprint density at radius 3 is 2.00 bits per heavy atom. The number of carboxylic acids is 1. The van der Waals surface area contributed by atoms with Crippen molar-refractivity contribution in [2.45, 2.75) is 92.4 Å². The van der Waals surface area contributed by atoms with Crippen LogP contribution in [0.5, 0.6) is 0 Å². The number of rotatable bonds is 8. The van der Waals surface area contributed by atoms with Crippen molar-refractivity contribution < 1.29 is 19.3 Å². The van der Waals surface area contributed by atoms with Crippen LogP contribution in [0.2, 0.25) is 0 Å². The molecule has 0 aliphatic heterocycles. The fraction of sp³-hybridized carbons (Fsp3) is 0.667. The minimum Gasteiger partial charge on any atom is -0.481 e. The van der Waals surface area contributed by atoms with Gasteiger partial charge in [-0.25, -0.2) is 0 Å². The average molecular weight is 421 g/mol. The molecule has 1 aromatic rings. The number of hydrogen-bond donors (Lipinski definition) is 1. The summed E-state index contributed by atoms with van der Waals surface area (Å²) in [5.74, 6) is -0.741. The monoisotopic (exact) mass is 420 g/mol. The van der Waals surface area contributed by atoms with E-state index in [-0.39, 0.29) is 5.78 Å². The molecule has 1 aromatic carbocycles. The summed E-state index contributed by atoms with van der Waals surface area (Å²) in [4.78, 5) is 26.5. The number of Topliss-reactive ketones (excluding diaryl/α,β-unsaturated/α-hetero) is 1. The summed E-state index contributed by atoms with van der Waals surface area (Å²) >= 11 is 0. The quantitative estimate of drug-likeness (QED) is 0.282. The first kappa shape index (κ1) is 25.5. The summed E-state index contributed by atoms with van der Waals surface area (Å²) < 4.78 is 8.06. The van der Waals surface area contributed by atoms with Gasteiger partial charge in [-0.15, -0.1) is 0 Å². The van der Waals surface area contributed by atoms with E-state index >= 15 is 0 Å². The Bertz CT molecular complexity index is 699. The van der Waals surface area contributed by atoms with Gasteiger partial charge in [0.05, 0.1) is 5.41 Å². The summed E-state index contributed by atoms with van der Waals surface area (Å²) in [6, 6.07) is 4.10. The van der Waals surface area contributed by atoms with E-state index in [1.165, 1.54) is 0 Å². The number of carboxylic acid groups (broad SMARTS) is 1. The molecule has 2 rings (SSSR count). The van der Waals surface area contributed by atoms with Crippen molar-refractivity contribution in [3.63, 3.8) is 0 Å². The number of carbonyl (C=O) groups is 2. The topological polar surface area (TPSA) is 71.4 Å². The van der Waals surface area contributed by atoms with Crippen LogP contribution in [0, 0.1) is 31.6 Å². The van der Waals surface area contributed by atoms with Crippen LogP contribution >= 0.6 is 9.12 Å². The molecule has 5 heteroatoms. The lowest BCUT2D eigenvalue weighted by atomic mass is 9.53. The Morgan fingerprint density at radius 1 is 1.03 bits per heavy atom. The summed E-state index contributed by atoms with van der Waals surface area (Å²) in [5.41, 5.74) is 2.04. The van der Waals surface area contributed by atoms with E-state index in [9.17, 15) is 14.7 Å². The second kappa shape index (κ2) is 11.0. The van der Waals surface area contributed by atoms with E-state index in [0.717, 1.165) is 60.8 Å². The van der Waals surface area contributed by atoms with E-state index < -0.39 is 16.8 Å². The van der Waals surface area contributed by atoms with Gasteiger partial charge >= 0.3 is 5.97 Å². The van der Waals surface area contributed by atoms with Crippen molar-refractivity contribution >= 4 is 20.9 Å². The third-order valence-electron chi connectivity index (χ3n) is 6.85. The molecule has 0 saturated heterocycles. The minimum absolute atomic E-state index is 0.0681. The first-order valence-electron chi connectivity index (χ1n) is 10.8. The first-order valence-corrected chi connectivity index (χ1v) is 11.2. The molecule has 1 atom stereocenters. The Hall–Kier alpha value is -1.54. The normalized spacial score (nSPS) is 17.6. The molecular weight excluding hydrogens is 383 g/mol. The van der Waals surface area contributed by atoms with Crippen molar-refractivity contribution in [1.29, 1.82) is 0 Å². The molecule has 1 saturated carbocycles. The molecule has 0 spiro atoms. The van der Waals surface area contributed by atoms with Crippen molar-refractivity contribution in [3.05, 3.63) is 34.4 Å². The second-order valence-electron chi connectivity index (χ2n) is 8.84. The standard InChI is InChI=1S/C24H36O3.HOP/c1-6-7-9-12-23(5,22(26)27)24(13-10-8-11-14-24)21(25)20-18(3)15-17(2)16-19(20)4;1-2/h15-16H,6-14H2,1-5H3,(H,26,27);2H. The molecule has 1 aliphatic rings. The van der Waals surface area contributed by atoms with E-state index in [4.69, 9.17) is 4.57 Å². The van der Waals surface area contributed by atoms with Gasteiger partial charge in [0.15, 0.2) is 5.78 Å². The SMILES string of the molecule is CCCCCC(C)(C(=O)O)C1(C(=O)c2c(C)cc(C)cc2C)CCCCC1.O=P. The van der Waals surface area contributed by atoms with Gasteiger partial charge in [-0.1, -0.05) is 63.1 Å². The highest BCUT2D eigenvalue weighted by Gasteiger charge is 2.57. The maximum Gasteiger partial charge on any atom is 0.310 e. The molecular formula is C24H37O4P. The Morgan fingerprint density at radius 2 is 1.55 bits per heavy atom. The Balaban J connectivity index is 0.00000204. The lowest BCUT2D eigenvalue weighted by Gasteiger charge is -2.48. The van der Waals surface area contributed by atoms with E-state index in [2.05, 4.69) is 6.92 Å². The fourth-order valence-corrected chi connectivity index (χ4v) is 5.24. The number of benzene rings is 1. The molecule has 0 heterocycles. The number of aliphatic carboxylic acids is 1. The lowest BCUT2D eigenvalue weighted by molar-refractivity contribution is -0.157. The predicted octanol–water partition coefficient (Wildman–Crippen LogP) is 6.89. The first-order chi connectivity index (χ1) is 13.7. The van der Waals surface area contributed by atoms with Gasteiger partial charge in [-0.3, -0.25) is 14.2 Å². The number of aryl methyl sites for hydroxylation is 3. The third kappa shape index (κ3) is 5.15. The molecule has 0 aromatic heterocycles. The average Bonchev–Trinajstić information content (AvgIpc) is 2.69. The zero-order valence-corrected chi connectivity index (χ0v) is 19.7. The van der Waals surface area contributed by atoms with E-state index in [1.54, 1.807) is 9.12 Å². The Labute approximate surface area is 178 Å². The Kier molecular flexibility index (Phi) is 9.68. The number of hydrogen-bond acceptors (Lipinski definition) is 3. The highest BCUT2D eigenvalue weighted by atomic mass is 31.0. The number of ketones is 1.